The van der Waals surface area contributed by atoms with Gasteiger partial charge in [0.2, 0.25) is 11.8 Å². The molecule has 3 aliphatic rings. The Morgan fingerprint density at radius 1 is 1.00 bits per heavy atom. The molecule has 35 heavy (non-hydrogen) atoms. The van der Waals surface area contributed by atoms with Crippen molar-refractivity contribution in [2.45, 2.75) is 57.0 Å². The lowest BCUT2D eigenvalue weighted by Gasteiger charge is -2.38. The van der Waals surface area contributed by atoms with Gasteiger partial charge in [0.15, 0.2) is 0 Å². The van der Waals surface area contributed by atoms with Crippen LogP contribution in [0.15, 0.2) is 59.1 Å². The van der Waals surface area contributed by atoms with Gasteiger partial charge in [-0.25, -0.2) is 0 Å². The lowest BCUT2D eigenvalue weighted by molar-refractivity contribution is -0.138. The van der Waals surface area contributed by atoms with Crippen molar-refractivity contribution < 1.29 is 9.59 Å². The number of carbonyl (C=O) groups excluding carboxylic acids is 2. The highest BCUT2D eigenvalue weighted by molar-refractivity contribution is 9.10. The summed E-state index contributed by atoms with van der Waals surface area (Å²) in [7, 11) is 0. The van der Waals surface area contributed by atoms with Gasteiger partial charge in [0, 0.05) is 23.6 Å². The van der Waals surface area contributed by atoms with E-state index >= 15 is 0 Å². The van der Waals surface area contributed by atoms with Crippen molar-refractivity contribution in [1.29, 1.82) is 0 Å². The highest BCUT2D eigenvalue weighted by Gasteiger charge is 2.47. The van der Waals surface area contributed by atoms with E-state index in [9.17, 15) is 9.59 Å². The Balaban J connectivity index is 0.00000289. The summed E-state index contributed by atoms with van der Waals surface area (Å²) in [5.74, 6) is 0.393. The van der Waals surface area contributed by atoms with Crippen LogP contribution < -0.4 is 5.32 Å². The molecule has 1 unspecified atom stereocenters. The zero-order valence-electron chi connectivity index (χ0n) is 20.1. The third-order valence-corrected chi connectivity index (χ3v) is 8.41. The van der Waals surface area contributed by atoms with Gasteiger partial charge in [-0.15, -0.1) is 12.4 Å². The molecule has 3 fully saturated rings. The fourth-order valence-corrected chi connectivity index (χ4v) is 5.76. The first-order chi connectivity index (χ1) is 16.5. The van der Waals surface area contributed by atoms with Gasteiger partial charge in [0.05, 0.1) is 11.3 Å². The minimum atomic E-state index is -0.186. The fourth-order valence-electron chi connectivity index (χ4n) is 5.50. The van der Waals surface area contributed by atoms with Crippen LogP contribution in [0.5, 0.6) is 0 Å². The molecule has 0 radical (unpaired) electrons. The number of piperidine rings is 1. The molecule has 2 amide bonds. The number of rotatable bonds is 8. The van der Waals surface area contributed by atoms with Gasteiger partial charge < -0.3 is 15.1 Å². The summed E-state index contributed by atoms with van der Waals surface area (Å²) in [4.78, 5) is 30.8. The largest absolute Gasteiger partial charge is 0.353 e. The van der Waals surface area contributed by atoms with E-state index < -0.39 is 0 Å². The predicted molar refractivity (Wildman–Crippen MR) is 144 cm³/mol. The number of benzene rings is 2. The van der Waals surface area contributed by atoms with Gasteiger partial charge in [-0.2, -0.15) is 0 Å². The second kappa shape index (κ2) is 11.4. The number of hydrogen-bond acceptors (Lipinski definition) is 3. The summed E-state index contributed by atoms with van der Waals surface area (Å²) in [6, 6.07) is 18.8. The van der Waals surface area contributed by atoms with Crippen molar-refractivity contribution in [1.82, 2.24) is 15.1 Å². The lowest BCUT2D eigenvalue weighted by atomic mass is 9.77. The van der Waals surface area contributed by atoms with Gasteiger partial charge >= 0.3 is 0 Å². The Morgan fingerprint density at radius 3 is 2.31 bits per heavy atom. The molecule has 7 heteroatoms. The number of hydrogen-bond donors (Lipinski definition) is 1. The molecule has 1 saturated carbocycles. The first-order valence-corrected chi connectivity index (χ1v) is 13.4. The summed E-state index contributed by atoms with van der Waals surface area (Å²) in [5, 5.41) is 3.20. The molecule has 2 aliphatic heterocycles. The van der Waals surface area contributed by atoms with Crippen molar-refractivity contribution in [2.24, 2.45) is 5.41 Å². The molecule has 0 bridgehead atoms. The molecule has 2 saturated heterocycles. The quantitative estimate of drug-likeness (QED) is 0.487. The van der Waals surface area contributed by atoms with E-state index in [4.69, 9.17) is 0 Å². The van der Waals surface area contributed by atoms with Crippen molar-refractivity contribution in [3.63, 3.8) is 0 Å². The zero-order chi connectivity index (χ0) is 23.5. The Bertz CT molecular complexity index is 1000. The van der Waals surface area contributed by atoms with E-state index in [0.717, 1.165) is 74.7 Å². The van der Waals surface area contributed by atoms with Crippen LogP contribution in [0.3, 0.4) is 0 Å². The zero-order valence-corrected chi connectivity index (χ0v) is 22.5. The normalized spacial score (nSPS) is 20.5. The standard InChI is InChI=1S/C28H34BrN3O2.ClH/c29-23-8-6-21(7-9-23)20-32-19-15-28(27(32)34)13-17-31(18-14-28)16-12-25(22-4-2-1-3-5-22)26(33)30-24-10-11-24;/h1-9,24-25H,10-20H2,(H,30,33);1H. The molecule has 2 heterocycles. The first kappa shape index (κ1) is 26.2. The average molecular weight is 561 g/mol. The molecule has 0 aromatic heterocycles. The van der Waals surface area contributed by atoms with Crippen LogP contribution >= 0.6 is 28.3 Å². The molecule has 5 rings (SSSR count). The highest BCUT2D eigenvalue weighted by Crippen LogP contribution is 2.42. The van der Waals surface area contributed by atoms with E-state index in [1.807, 2.05) is 35.2 Å². The molecule has 5 nitrogen and oxygen atoms in total. The maximum absolute atomic E-state index is 13.4. The summed E-state index contributed by atoms with van der Waals surface area (Å²) in [6.07, 6.45) is 5.84. The molecule has 1 spiro atoms. The van der Waals surface area contributed by atoms with Gasteiger partial charge in [-0.3, -0.25) is 9.59 Å². The average Bonchev–Trinajstić information content (AvgIpc) is 3.63. The lowest BCUT2D eigenvalue weighted by Crippen LogP contribution is -2.45. The number of nitrogens with one attached hydrogen (secondary N) is 1. The van der Waals surface area contributed by atoms with E-state index in [-0.39, 0.29) is 29.6 Å². The number of likely N-dealkylation sites (tertiary alicyclic amines) is 2. The van der Waals surface area contributed by atoms with Crippen LogP contribution in [0, 0.1) is 5.41 Å². The van der Waals surface area contributed by atoms with E-state index in [0.29, 0.717) is 18.5 Å². The second-order valence-electron chi connectivity index (χ2n) is 10.3. The summed E-state index contributed by atoms with van der Waals surface area (Å²) in [5.41, 5.74) is 2.10. The van der Waals surface area contributed by atoms with E-state index in [1.165, 1.54) is 5.56 Å². The van der Waals surface area contributed by atoms with Crippen molar-refractivity contribution in [3.8, 4) is 0 Å². The monoisotopic (exact) mass is 559 g/mol. The van der Waals surface area contributed by atoms with Crippen LogP contribution in [0.1, 0.15) is 55.6 Å². The van der Waals surface area contributed by atoms with Crippen LogP contribution in [0.4, 0.5) is 0 Å². The van der Waals surface area contributed by atoms with Crippen LogP contribution in [0.25, 0.3) is 0 Å². The first-order valence-electron chi connectivity index (χ1n) is 12.6. The van der Waals surface area contributed by atoms with Gasteiger partial charge in [0.25, 0.3) is 0 Å². The second-order valence-corrected chi connectivity index (χ2v) is 11.2. The van der Waals surface area contributed by atoms with Crippen molar-refractivity contribution in [2.75, 3.05) is 26.2 Å². The summed E-state index contributed by atoms with van der Waals surface area (Å²) < 4.78 is 1.06. The number of carbonyl (C=O) groups is 2. The number of halogens is 2. The van der Waals surface area contributed by atoms with Crippen molar-refractivity contribution in [3.05, 3.63) is 70.2 Å². The highest BCUT2D eigenvalue weighted by atomic mass is 79.9. The Kier molecular flexibility index (Phi) is 8.56. The molecular formula is C28H35BrClN3O2. The Hall–Kier alpha value is -1.89. The van der Waals surface area contributed by atoms with Gasteiger partial charge in [-0.1, -0.05) is 58.4 Å². The van der Waals surface area contributed by atoms with Gasteiger partial charge in [-0.05, 0) is 81.4 Å². The minimum absolute atomic E-state index is 0. The van der Waals surface area contributed by atoms with Crippen LogP contribution in [0.2, 0.25) is 0 Å². The molecule has 2 aromatic carbocycles. The summed E-state index contributed by atoms with van der Waals surface area (Å²) in [6.45, 7) is 4.32. The smallest absolute Gasteiger partial charge is 0.229 e. The third kappa shape index (κ3) is 6.28. The molecule has 188 valence electrons. The third-order valence-electron chi connectivity index (χ3n) is 7.88. The maximum atomic E-state index is 13.4. The molecule has 1 atom stereocenters. The van der Waals surface area contributed by atoms with Crippen LogP contribution in [-0.4, -0.2) is 53.8 Å². The Labute approximate surface area is 223 Å². The van der Waals surface area contributed by atoms with Crippen LogP contribution in [-0.2, 0) is 16.1 Å². The Morgan fingerprint density at radius 2 is 1.66 bits per heavy atom. The molecule has 1 N–H and O–H groups in total. The van der Waals surface area contributed by atoms with E-state index in [2.05, 4.69) is 50.4 Å². The molecular weight excluding hydrogens is 526 g/mol. The topological polar surface area (TPSA) is 52.7 Å². The van der Waals surface area contributed by atoms with E-state index in [1.54, 1.807) is 0 Å². The van der Waals surface area contributed by atoms with Gasteiger partial charge in [0.1, 0.15) is 0 Å². The minimum Gasteiger partial charge on any atom is -0.353 e. The summed E-state index contributed by atoms with van der Waals surface area (Å²) >= 11 is 3.48. The molecule has 1 aliphatic carbocycles. The fraction of sp³-hybridized carbons (Fsp3) is 0.500. The number of amides is 2. The number of nitrogens with zero attached hydrogens (tertiary/aromatic N) is 2. The SMILES string of the molecule is Cl.O=C(NC1CC1)C(CCN1CCC2(CC1)CCN(Cc1ccc(Br)cc1)C2=O)c1ccccc1. The predicted octanol–water partition coefficient (Wildman–Crippen LogP) is 5.14. The maximum Gasteiger partial charge on any atom is 0.229 e. The van der Waals surface area contributed by atoms with Crippen molar-refractivity contribution >= 4 is 40.2 Å². The molecule has 2 aromatic rings.